The number of anilines is 1. The molecule has 1 aliphatic heterocycles. The molecule has 0 radical (unpaired) electrons. The first kappa shape index (κ1) is 20.0. The van der Waals surface area contributed by atoms with Gasteiger partial charge in [0.15, 0.2) is 5.78 Å². The Hall–Kier alpha value is -2.74. The molecular weight excluding hydrogens is 356 g/mol. The lowest BCUT2D eigenvalue weighted by atomic mass is 10.0. The first-order valence-corrected chi connectivity index (χ1v) is 9.61. The number of aromatic amines is 1. The third-order valence-electron chi connectivity index (χ3n) is 5.40. The predicted octanol–water partition coefficient (Wildman–Crippen LogP) is 1.81. The van der Waals surface area contributed by atoms with Gasteiger partial charge in [-0.2, -0.15) is 0 Å². The minimum atomic E-state index is -0.0384. The van der Waals surface area contributed by atoms with E-state index in [2.05, 4.69) is 19.9 Å². The van der Waals surface area contributed by atoms with E-state index in [-0.39, 0.29) is 17.7 Å². The quantitative estimate of drug-likeness (QED) is 0.735. The largest absolute Gasteiger partial charge is 0.384 e. The fourth-order valence-corrected chi connectivity index (χ4v) is 3.98. The first-order chi connectivity index (χ1) is 13.3. The van der Waals surface area contributed by atoms with Crippen molar-refractivity contribution in [2.45, 2.75) is 46.2 Å². The van der Waals surface area contributed by atoms with Crippen LogP contribution in [-0.4, -0.2) is 62.6 Å². The summed E-state index contributed by atoms with van der Waals surface area (Å²) in [5.41, 5.74) is 8.51. The van der Waals surface area contributed by atoms with Crippen LogP contribution < -0.4 is 5.73 Å². The normalized spacial score (nSPS) is 16.8. The number of carbonyl (C=O) groups excluding carboxylic acids is 2. The SMILES string of the molecule is CCc1c(C(=O)N2CCC(N(C)Cc3nccc(N)n3)C2)[nH]c(C)c1C(C)=O. The number of Topliss-reactive ketones (excluding diaryl/α,β-unsaturated/α-hetero) is 1. The Morgan fingerprint density at radius 3 is 2.82 bits per heavy atom. The molecule has 3 rings (SSSR count). The number of ketones is 1. The van der Waals surface area contributed by atoms with Crippen LogP contribution in [0, 0.1) is 6.92 Å². The van der Waals surface area contributed by atoms with E-state index in [4.69, 9.17) is 5.73 Å². The standard InChI is InChI=1S/C20H28N6O2/c1-5-15-18(13(3)27)12(2)23-19(15)20(28)26-9-7-14(10-26)25(4)11-17-22-8-6-16(21)24-17/h6,8,14,23H,5,7,9-11H2,1-4H3,(H2,21,22,24). The number of amides is 1. The minimum Gasteiger partial charge on any atom is -0.384 e. The second kappa shape index (κ2) is 8.10. The second-order valence-electron chi connectivity index (χ2n) is 7.39. The number of nitrogens with one attached hydrogen (secondary N) is 1. The van der Waals surface area contributed by atoms with Gasteiger partial charge in [-0.15, -0.1) is 0 Å². The monoisotopic (exact) mass is 384 g/mol. The number of hydrogen-bond acceptors (Lipinski definition) is 6. The van der Waals surface area contributed by atoms with Crippen LogP contribution in [0.3, 0.4) is 0 Å². The third-order valence-corrected chi connectivity index (χ3v) is 5.40. The van der Waals surface area contributed by atoms with Gasteiger partial charge in [-0.25, -0.2) is 9.97 Å². The molecule has 1 fully saturated rings. The molecule has 1 unspecified atom stereocenters. The molecule has 1 atom stereocenters. The molecule has 0 aliphatic carbocycles. The molecule has 0 bridgehead atoms. The van der Waals surface area contributed by atoms with Gasteiger partial charge < -0.3 is 15.6 Å². The van der Waals surface area contributed by atoms with E-state index < -0.39 is 0 Å². The van der Waals surface area contributed by atoms with E-state index in [0.717, 1.165) is 17.7 Å². The van der Waals surface area contributed by atoms with Crippen LogP contribution in [0.15, 0.2) is 12.3 Å². The molecule has 8 nitrogen and oxygen atoms in total. The summed E-state index contributed by atoms with van der Waals surface area (Å²) in [6.07, 6.45) is 3.18. The maximum atomic E-state index is 13.1. The maximum absolute atomic E-state index is 13.1. The van der Waals surface area contributed by atoms with Crippen molar-refractivity contribution in [1.82, 2.24) is 24.8 Å². The van der Waals surface area contributed by atoms with Crippen LogP contribution in [0.5, 0.6) is 0 Å². The zero-order valence-corrected chi connectivity index (χ0v) is 17.0. The Labute approximate surface area is 165 Å². The van der Waals surface area contributed by atoms with Gasteiger partial charge in [0.1, 0.15) is 17.3 Å². The van der Waals surface area contributed by atoms with Gasteiger partial charge in [0.2, 0.25) is 0 Å². The fraction of sp³-hybridized carbons (Fsp3) is 0.500. The predicted molar refractivity (Wildman–Crippen MR) is 107 cm³/mol. The molecule has 1 amide bonds. The molecule has 0 saturated carbocycles. The summed E-state index contributed by atoms with van der Waals surface area (Å²) in [5.74, 6) is 1.08. The first-order valence-electron chi connectivity index (χ1n) is 9.61. The van der Waals surface area contributed by atoms with Crippen LogP contribution in [0.1, 0.15) is 58.2 Å². The molecule has 3 heterocycles. The number of likely N-dealkylation sites (N-methyl/N-ethyl adjacent to an activating group) is 1. The highest BCUT2D eigenvalue weighted by molar-refractivity contribution is 6.02. The highest BCUT2D eigenvalue weighted by atomic mass is 16.2. The fourth-order valence-electron chi connectivity index (χ4n) is 3.98. The number of nitrogens with two attached hydrogens (primary N) is 1. The molecule has 1 aliphatic rings. The smallest absolute Gasteiger partial charge is 0.270 e. The molecule has 0 aromatic carbocycles. The van der Waals surface area contributed by atoms with Gasteiger partial charge >= 0.3 is 0 Å². The summed E-state index contributed by atoms with van der Waals surface area (Å²) in [7, 11) is 2.01. The average molecular weight is 384 g/mol. The minimum absolute atomic E-state index is 0.00850. The van der Waals surface area contributed by atoms with Crippen molar-refractivity contribution in [3.63, 3.8) is 0 Å². The van der Waals surface area contributed by atoms with E-state index in [9.17, 15) is 9.59 Å². The van der Waals surface area contributed by atoms with Crippen molar-refractivity contribution in [1.29, 1.82) is 0 Å². The average Bonchev–Trinajstić information content (AvgIpc) is 3.25. The van der Waals surface area contributed by atoms with Gasteiger partial charge in [0.25, 0.3) is 5.91 Å². The second-order valence-corrected chi connectivity index (χ2v) is 7.39. The Kier molecular flexibility index (Phi) is 5.79. The van der Waals surface area contributed by atoms with Crippen LogP contribution >= 0.6 is 0 Å². The van der Waals surface area contributed by atoms with Crippen molar-refractivity contribution < 1.29 is 9.59 Å². The lowest BCUT2D eigenvalue weighted by Crippen LogP contribution is -2.37. The summed E-state index contributed by atoms with van der Waals surface area (Å²) in [5, 5.41) is 0. The van der Waals surface area contributed by atoms with Gasteiger partial charge in [0, 0.05) is 36.6 Å². The number of rotatable bonds is 6. The van der Waals surface area contributed by atoms with Gasteiger partial charge in [-0.1, -0.05) is 6.92 Å². The summed E-state index contributed by atoms with van der Waals surface area (Å²) in [6, 6.07) is 1.89. The zero-order valence-electron chi connectivity index (χ0n) is 17.0. The molecule has 3 N–H and O–H groups in total. The highest BCUT2D eigenvalue weighted by Gasteiger charge is 2.32. The van der Waals surface area contributed by atoms with E-state index in [0.29, 0.717) is 49.0 Å². The maximum Gasteiger partial charge on any atom is 0.270 e. The number of H-pyrrole nitrogens is 1. The molecule has 28 heavy (non-hydrogen) atoms. The number of carbonyl (C=O) groups is 2. The van der Waals surface area contributed by atoms with E-state index >= 15 is 0 Å². The highest BCUT2D eigenvalue weighted by Crippen LogP contribution is 2.24. The Bertz CT molecular complexity index is 891. The van der Waals surface area contributed by atoms with Crippen molar-refractivity contribution in [3.8, 4) is 0 Å². The molecule has 2 aromatic rings. The molecule has 1 saturated heterocycles. The van der Waals surface area contributed by atoms with E-state index in [1.807, 2.05) is 25.8 Å². The molecule has 8 heteroatoms. The van der Waals surface area contributed by atoms with Crippen molar-refractivity contribution in [2.24, 2.45) is 0 Å². The topological polar surface area (TPSA) is 108 Å². The number of aromatic nitrogens is 3. The van der Waals surface area contributed by atoms with Crippen LogP contribution in [-0.2, 0) is 13.0 Å². The molecule has 2 aromatic heterocycles. The van der Waals surface area contributed by atoms with Gasteiger partial charge in [-0.3, -0.25) is 14.5 Å². The summed E-state index contributed by atoms with van der Waals surface area (Å²) in [6.45, 7) is 7.25. The van der Waals surface area contributed by atoms with Crippen LogP contribution in [0.25, 0.3) is 0 Å². The summed E-state index contributed by atoms with van der Waals surface area (Å²) in [4.78, 5) is 40.7. The van der Waals surface area contributed by atoms with E-state index in [1.165, 1.54) is 0 Å². The Morgan fingerprint density at radius 1 is 1.43 bits per heavy atom. The van der Waals surface area contributed by atoms with E-state index in [1.54, 1.807) is 19.2 Å². The summed E-state index contributed by atoms with van der Waals surface area (Å²) < 4.78 is 0. The van der Waals surface area contributed by atoms with Gasteiger partial charge in [0.05, 0.1) is 6.54 Å². The van der Waals surface area contributed by atoms with Crippen LogP contribution in [0.2, 0.25) is 0 Å². The van der Waals surface area contributed by atoms with Crippen LogP contribution in [0.4, 0.5) is 5.82 Å². The van der Waals surface area contributed by atoms with Crippen molar-refractivity contribution in [2.75, 3.05) is 25.9 Å². The van der Waals surface area contributed by atoms with Crippen molar-refractivity contribution >= 4 is 17.5 Å². The third kappa shape index (κ3) is 3.91. The lowest BCUT2D eigenvalue weighted by molar-refractivity contribution is 0.0773. The number of nitrogens with zero attached hydrogens (tertiary/aromatic N) is 4. The lowest BCUT2D eigenvalue weighted by Gasteiger charge is -2.24. The van der Waals surface area contributed by atoms with Gasteiger partial charge in [-0.05, 0) is 45.4 Å². The Morgan fingerprint density at radius 2 is 2.18 bits per heavy atom. The number of nitrogen functional groups attached to an aromatic ring is 1. The molecule has 150 valence electrons. The van der Waals surface area contributed by atoms with Crippen molar-refractivity contribution in [3.05, 3.63) is 40.6 Å². The summed E-state index contributed by atoms with van der Waals surface area (Å²) >= 11 is 0. The number of hydrogen-bond donors (Lipinski definition) is 2. The number of likely N-dealkylation sites (tertiary alicyclic amines) is 1. The Balaban J connectivity index is 1.71. The molecule has 0 spiro atoms. The molecular formula is C20H28N6O2. The zero-order chi connectivity index (χ0) is 20.4. The number of aryl methyl sites for hydroxylation is 1.